The third-order valence-corrected chi connectivity index (χ3v) is 3.87. The van der Waals surface area contributed by atoms with E-state index in [2.05, 4.69) is 25.2 Å². The minimum absolute atomic E-state index is 0.0181. The van der Waals surface area contributed by atoms with Crippen molar-refractivity contribution in [1.29, 1.82) is 5.26 Å². The number of carbonyl (C=O) groups is 1. The summed E-state index contributed by atoms with van der Waals surface area (Å²) < 4.78 is 0. The summed E-state index contributed by atoms with van der Waals surface area (Å²) in [7, 11) is 0. The van der Waals surface area contributed by atoms with E-state index in [1.54, 1.807) is 0 Å². The number of nitrogens with zero attached hydrogens (tertiary/aromatic N) is 1. The van der Waals surface area contributed by atoms with Gasteiger partial charge in [-0.15, -0.1) is 0 Å². The standard InChI is InChI=1S/C14H24N2O/c1-4-5-12(3)13(17)16-14(10-15)8-6-11(2)7-9-14/h11-12H,4-9H2,1-3H3,(H,16,17). The molecular weight excluding hydrogens is 212 g/mol. The Morgan fingerprint density at radius 3 is 2.59 bits per heavy atom. The molecule has 0 spiro atoms. The fraction of sp³-hybridized carbons (Fsp3) is 0.857. The van der Waals surface area contributed by atoms with Gasteiger partial charge in [-0.2, -0.15) is 5.26 Å². The van der Waals surface area contributed by atoms with Gasteiger partial charge in [0.1, 0.15) is 5.54 Å². The lowest BCUT2D eigenvalue weighted by molar-refractivity contribution is -0.126. The molecule has 3 heteroatoms. The van der Waals surface area contributed by atoms with E-state index in [0.717, 1.165) is 38.5 Å². The quantitative estimate of drug-likeness (QED) is 0.815. The molecule has 0 heterocycles. The number of nitriles is 1. The molecule has 1 N–H and O–H groups in total. The second-order valence-corrected chi connectivity index (χ2v) is 5.56. The largest absolute Gasteiger partial charge is 0.338 e. The van der Waals surface area contributed by atoms with Gasteiger partial charge in [-0.25, -0.2) is 0 Å². The average molecular weight is 236 g/mol. The second kappa shape index (κ2) is 6.05. The molecule has 1 unspecified atom stereocenters. The van der Waals surface area contributed by atoms with Crippen LogP contribution < -0.4 is 5.32 Å². The molecule has 1 fully saturated rings. The first-order chi connectivity index (χ1) is 8.03. The van der Waals surface area contributed by atoms with Crippen LogP contribution in [-0.2, 0) is 4.79 Å². The van der Waals surface area contributed by atoms with Crippen LogP contribution in [0, 0.1) is 23.2 Å². The molecule has 1 amide bonds. The lowest BCUT2D eigenvalue weighted by Gasteiger charge is -2.35. The predicted octanol–water partition coefficient (Wildman–Crippen LogP) is 3.01. The van der Waals surface area contributed by atoms with Crippen LogP contribution in [0.2, 0.25) is 0 Å². The Bertz CT molecular complexity index is 298. The van der Waals surface area contributed by atoms with E-state index in [1.807, 2.05) is 6.92 Å². The zero-order valence-electron chi connectivity index (χ0n) is 11.3. The highest BCUT2D eigenvalue weighted by Crippen LogP contribution is 2.31. The molecule has 0 aromatic heterocycles. The summed E-state index contributed by atoms with van der Waals surface area (Å²) in [5.74, 6) is 0.744. The zero-order chi connectivity index (χ0) is 12.9. The highest BCUT2D eigenvalue weighted by atomic mass is 16.2. The van der Waals surface area contributed by atoms with Crippen LogP contribution >= 0.6 is 0 Å². The van der Waals surface area contributed by atoms with Gasteiger partial charge in [0.15, 0.2) is 0 Å². The van der Waals surface area contributed by atoms with Gasteiger partial charge in [0.2, 0.25) is 5.91 Å². The Hall–Kier alpha value is -1.04. The highest BCUT2D eigenvalue weighted by Gasteiger charge is 2.36. The van der Waals surface area contributed by atoms with Crippen molar-refractivity contribution in [3.05, 3.63) is 0 Å². The topological polar surface area (TPSA) is 52.9 Å². The van der Waals surface area contributed by atoms with Crippen molar-refractivity contribution >= 4 is 5.91 Å². The monoisotopic (exact) mass is 236 g/mol. The minimum Gasteiger partial charge on any atom is -0.338 e. The van der Waals surface area contributed by atoms with Crippen LogP contribution in [0.15, 0.2) is 0 Å². The van der Waals surface area contributed by atoms with E-state index in [4.69, 9.17) is 0 Å². The van der Waals surface area contributed by atoms with Crippen molar-refractivity contribution in [2.24, 2.45) is 11.8 Å². The maximum Gasteiger partial charge on any atom is 0.224 e. The molecule has 1 rings (SSSR count). The molecule has 0 aliphatic heterocycles. The molecule has 3 nitrogen and oxygen atoms in total. The zero-order valence-corrected chi connectivity index (χ0v) is 11.3. The number of hydrogen-bond donors (Lipinski definition) is 1. The Morgan fingerprint density at radius 1 is 1.53 bits per heavy atom. The Morgan fingerprint density at radius 2 is 2.12 bits per heavy atom. The van der Waals surface area contributed by atoms with Crippen LogP contribution in [0.25, 0.3) is 0 Å². The third kappa shape index (κ3) is 3.73. The molecule has 0 saturated heterocycles. The Labute approximate surface area is 105 Å². The van der Waals surface area contributed by atoms with E-state index >= 15 is 0 Å². The van der Waals surface area contributed by atoms with E-state index < -0.39 is 5.54 Å². The number of hydrogen-bond acceptors (Lipinski definition) is 2. The van der Waals surface area contributed by atoms with Crippen LogP contribution in [0.1, 0.15) is 59.3 Å². The van der Waals surface area contributed by atoms with Gasteiger partial charge in [-0.05, 0) is 38.0 Å². The number of amides is 1. The van der Waals surface area contributed by atoms with Gasteiger partial charge in [-0.1, -0.05) is 27.2 Å². The fourth-order valence-electron chi connectivity index (χ4n) is 2.44. The normalized spacial score (nSPS) is 30.4. The first kappa shape index (κ1) is 14.0. The van der Waals surface area contributed by atoms with Crippen molar-refractivity contribution in [3.8, 4) is 6.07 Å². The van der Waals surface area contributed by atoms with Gasteiger partial charge in [0, 0.05) is 5.92 Å². The average Bonchev–Trinajstić information content (AvgIpc) is 2.33. The molecule has 17 heavy (non-hydrogen) atoms. The Balaban J connectivity index is 2.58. The maximum absolute atomic E-state index is 12.0. The SMILES string of the molecule is CCCC(C)C(=O)NC1(C#N)CCC(C)CC1. The van der Waals surface area contributed by atoms with Crippen LogP contribution in [0.4, 0.5) is 0 Å². The van der Waals surface area contributed by atoms with Gasteiger partial charge >= 0.3 is 0 Å². The molecule has 1 saturated carbocycles. The molecule has 0 aromatic carbocycles. The van der Waals surface area contributed by atoms with E-state index in [-0.39, 0.29) is 11.8 Å². The van der Waals surface area contributed by atoms with E-state index in [9.17, 15) is 10.1 Å². The highest BCUT2D eigenvalue weighted by molar-refractivity contribution is 5.79. The summed E-state index contributed by atoms with van der Waals surface area (Å²) in [6.45, 7) is 6.23. The summed E-state index contributed by atoms with van der Waals surface area (Å²) >= 11 is 0. The second-order valence-electron chi connectivity index (χ2n) is 5.56. The molecule has 0 aromatic rings. The maximum atomic E-state index is 12.0. The lowest BCUT2D eigenvalue weighted by atomic mass is 9.77. The van der Waals surface area contributed by atoms with Gasteiger partial charge < -0.3 is 5.32 Å². The smallest absolute Gasteiger partial charge is 0.224 e. The van der Waals surface area contributed by atoms with Crippen LogP contribution in [-0.4, -0.2) is 11.4 Å². The van der Waals surface area contributed by atoms with Crippen molar-refractivity contribution in [2.45, 2.75) is 64.8 Å². The van der Waals surface area contributed by atoms with Gasteiger partial charge in [0.05, 0.1) is 6.07 Å². The van der Waals surface area contributed by atoms with Crippen molar-refractivity contribution < 1.29 is 4.79 Å². The first-order valence-corrected chi connectivity index (χ1v) is 6.76. The van der Waals surface area contributed by atoms with Crippen LogP contribution in [0.5, 0.6) is 0 Å². The molecule has 1 aliphatic rings. The number of carbonyl (C=O) groups excluding carboxylic acids is 1. The lowest BCUT2D eigenvalue weighted by Crippen LogP contribution is -2.51. The summed E-state index contributed by atoms with van der Waals surface area (Å²) in [5.41, 5.74) is -0.592. The summed E-state index contributed by atoms with van der Waals surface area (Å²) in [5, 5.41) is 12.3. The van der Waals surface area contributed by atoms with Crippen LogP contribution in [0.3, 0.4) is 0 Å². The minimum atomic E-state index is -0.592. The Kier molecular flexibility index (Phi) is 4.99. The number of nitrogens with one attached hydrogen (secondary N) is 1. The molecule has 1 aliphatic carbocycles. The summed E-state index contributed by atoms with van der Waals surface area (Å²) in [6.07, 6.45) is 5.57. The van der Waals surface area contributed by atoms with Gasteiger partial charge in [-0.3, -0.25) is 4.79 Å². The molecule has 1 atom stereocenters. The number of rotatable bonds is 4. The van der Waals surface area contributed by atoms with Crippen molar-refractivity contribution in [1.82, 2.24) is 5.32 Å². The summed E-state index contributed by atoms with van der Waals surface area (Å²) in [6, 6.07) is 2.33. The molecule has 0 radical (unpaired) electrons. The first-order valence-electron chi connectivity index (χ1n) is 6.76. The predicted molar refractivity (Wildman–Crippen MR) is 68.2 cm³/mol. The van der Waals surface area contributed by atoms with Crippen molar-refractivity contribution in [2.75, 3.05) is 0 Å². The molecule has 0 bridgehead atoms. The fourth-order valence-corrected chi connectivity index (χ4v) is 2.44. The summed E-state index contributed by atoms with van der Waals surface area (Å²) in [4.78, 5) is 12.0. The van der Waals surface area contributed by atoms with Gasteiger partial charge in [0.25, 0.3) is 0 Å². The van der Waals surface area contributed by atoms with Crippen molar-refractivity contribution in [3.63, 3.8) is 0 Å². The van der Waals surface area contributed by atoms with E-state index in [0.29, 0.717) is 5.92 Å². The molecular formula is C14H24N2O. The van der Waals surface area contributed by atoms with E-state index in [1.165, 1.54) is 0 Å². The third-order valence-electron chi connectivity index (χ3n) is 3.87. The molecule has 96 valence electrons.